The first-order valence-corrected chi connectivity index (χ1v) is 6.04. The Morgan fingerprint density at radius 2 is 2.06 bits per heavy atom. The Hall–Kier alpha value is -1.97. The third-order valence-corrected chi connectivity index (χ3v) is 3.10. The molecule has 0 aliphatic rings. The first-order chi connectivity index (χ1) is 8.58. The predicted molar refractivity (Wildman–Crippen MR) is 72.7 cm³/mol. The molecule has 96 valence electrons. The highest BCUT2D eigenvalue weighted by Crippen LogP contribution is 2.24. The molecule has 1 aromatic carbocycles. The van der Waals surface area contributed by atoms with Crippen LogP contribution >= 0.6 is 0 Å². The summed E-state index contributed by atoms with van der Waals surface area (Å²) >= 11 is 0. The summed E-state index contributed by atoms with van der Waals surface area (Å²) in [5, 5.41) is 4.13. The van der Waals surface area contributed by atoms with Crippen molar-refractivity contribution in [3.8, 4) is 5.75 Å². The highest BCUT2D eigenvalue weighted by Gasteiger charge is 2.04. The van der Waals surface area contributed by atoms with Gasteiger partial charge in [-0.1, -0.05) is 0 Å². The van der Waals surface area contributed by atoms with Crippen LogP contribution in [-0.2, 0) is 13.5 Å². The fourth-order valence-electron chi connectivity index (χ4n) is 1.88. The molecule has 4 heteroatoms. The molecule has 0 fully saturated rings. The fraction of sp³-hybridized carbons (Fsp3) is 0.357. The summed E-state index contributed by atoms with van der Waals surface area (Å²) in [4.78, 5) is 0. The van der Waals surface area contributed by atoms with Crippen molar-refractivity contribution in [1.29, 1.82) is 0 Å². The van der Waals surface area contributed by atoms with Gasteiger partial charge in [0.25, 0.3) is 0 Å². The van der Waals surface area contributed by atoms with E-state index in [1.165, 1.54) is 5.69 Å². The molecule has 18 heavy (non-hydrogen) atoms. The summed E-state index contributed by atoms with van der Waals surface area (Å²) < 4.78 is 7.67. The lowest BCUT2D eigenvalue weighted by molar-refractivity contribution is 0.316. The summed E-state index contributed by atoms with van der Waals surface area (Å²) in [7, 11) is 1.94. The molecule has 0 spiro atoms. The van der Waals surface area contributed by atoms with Crippen molar-refractivity contribution in [2.45, 2.75) is 20.3 Å². The Kier molecular flexibility index (Phi) is 3.55. The molecule has 2 aromatic rings. The molecule has 0 aliphatic heterocycles. The van der Waals surface area contributed by atoms with Gasteiger partial charge in [0.1, 0.15) is 5.75 Å². The normalized spacial score (nSPS) is 10.6. The van der Waals surface area contributed by atoms with Gasteiger partial charge in [-0.15, -0.1) is 0 Å². The molecule has 2 rings (SSSR count). The number of hydrogen-bond acceptors (Lipinski definition) is 3. The Morgan fingerprint density at radius 1 is 1.28 bits per heavy atom. The summed E-state index contributed by atoms with van der Waals surface area (Å²) in [6.07, 6.45) is 2.65. The second-order valence-electron chi connectivity index (χ2n) is 4.52. The van der Waals surface area contributed by atoms with Crippen LogP contribution < -0.4 is 10.5 Å². The van der Waals surface area contributed by atoms with Gasteiger partial charge in [-0.3, -0.25) is 4.68 Å². The smallest absolute Gasteiger partial charge is 0.122 e. The topological polar surface area (TPSA) is 53.1 Å². The molecule has 0 unspecified atom stereocenters. The highest BCUT2D eigenvalue weighted by molar-refractivity contribution is 5.53. The number of anilines is 1. The van der Waals surface area contributed by atoms with E-state index in [1.54, 1.807) is 6.20 Å². The minimum atomic E-state index is 0.643. The van der Waals surface area contributed by atoms with E-state index in [0.29, 0.717) is 6.61 Å². The molecule has 0 radical (unpaired) electrons. The number of aryl methyl sites for hydroxylation is 3. The van der Waals surface area contributed by atoms with E-state index in [2.05, 4.69) is 5.10 Å². The van der Waals surface area contributed by atoms with E-state index in [0.717, 1.165) is 29.0 Å². The Balaban J connectivity index is 1.99. The lowest BCUT2D eigenvalue weighted by Crippen LogP contribution is -2.07. The zero-order valence-electron chi connectivity index (χ0n) is 11.1. The van der Waals surface area contributed by atoms with Gasteiger partial charge in [0.05, 0.1) is 6.61 Å². The SMILES string of the molecule is Cc1cc(OCCc2ccnn2C)c(C)cc1N. The van der Waals surface area contributed by atoms with Gasteiger partial charge >= 0.3 is 0 Å². The molecular formula is C14H19N3O. The van der Waals surface area contributed by atoms with E-state index >= 15 is 0 Å². The van der Waals surface area contributed by atoms with E-state index in [-0.39, 0.29) is 0 Å². The zero-order chi connectivity index (χ0) is 13.1. The number of hydrogen-bond donors (Lipinski definition) is 1. The number of nitrogens with zero attached hydrogens (tertiary/aromatic N) is 2. The number of nitrogens with two attached hydrogens (primary N) is 1. The van der Waals surface area contributed by atoms with Gasteiger partial charge in [0.15, 0.2) is 0 Å². The van der Waals surface area contributed by atoms with Crippen molar-refractivity contribution < 1.29 is 4.74 Å². The van der Waals surface area contributed by atoms with E-state index in [4.69, 9.17) is 10.5 Å². The van der Waals surface area contributed by atoms with Gasteiger partial charge in [0.2, 0.25) is 0 Å². The van der Waals surface area contributed by atoms with Crippen LogP contribution in [0.1, 0.15) is 16.8 Å². The molecule has 0 amide bonds. The van der Waals surface area contributed by atoms with Crippen LogP contribution in [0.3, 0.4) is 0 Å². The standard InChI is InChI=1S/C14H19N3O/c1-10-9-14(11(2)8-13(10)15)18-7-5-12-4-6-16-17(12)3/h4,6,8-9H,5,7,15H2,1-3H3. The first-order valence-electron chi connectivity index (χ1n) is 6.04. The molecule has 1 heterocycles. The van der Waals surface area contributed by atoms with Crippen molar-refractivity contribution in [2.24, 2.45) is 7.05 Å². The highest BCUT2D eigenvalue weighted by atomic mass is 16.5. The van der Waals surface area contributed by atoms with E-state index in [9.17, 15) is 0 Å². The molecule has 4 nitrogen and oxygen atoms in total. The molecule has 0 bridgehead atoms. The Bertz CT molecular complexity index is 546. The van der Waals surface area contributed by atoms with Crippen LogP contribution in [0.15, 0.2) is 24.4 Å². The molecular weight excluding hydrogens is 226 g/mol. The summed E-state index contributed by atoms with van der Waals surface area (Å²) in [6.45, 7) is 4.64. The van der Waals surface area contributed by atoms with Crippen molar-refractivity contribution >= 4 is 5.69 Å². The maximum absolute atomic E-state index is 5.85. The van der Waals surface area contributed by atoms with Gasteiger partial charge in [-0.05, 0) is 43.2 Å². The second-order valence-corrected chi connectivity index (χ2v) is 4.52. The van der Waals surface area contributed by atoms with Crippen molar-refractivity contribution in [3.63, 3.8) is 0 Å². The fourth-order valence-corrected chi connectivity index (χ4v) is 1.88. The predicted octanol–water partition coefficient (Wildman–Crippen LogP) is 2.24. The summed E-state index contributed by atoms with van der Waals surface area (Å²) in [5.41, 5.74) is 9.95. The quantitative estimate of drug-likeness (QED) is 0.840. The Morgan fingerprint density at radius 3 is 2.72 bits per heavy atom. The van der Waals surface area contributed by atoms with Crippen LogP contribution in [-0.4, -0.2) is 16.4 Å². The van der Waals surface area contributed by atoms with Crippen LogP contribution in [0.25, 0.3) is 0 Å². The molecule has 0 atom stereocenters. The average Bonchev–Trinajstić information content (AvgIpc) is 2.72. The van der Waals surface area contributed by atoms with Crippen LogP contribution in [0.2, 0.25) is 0 Å². The van der Waals surface area contributed by atoms with Crippen molar-refractivity contribution in [2.75, 3.05) is 12.3 Å². The maximum atomic E-state index is 5.85. The third-order valence-electron chi connectivity index (χ3n) is 3.10. The summed E-state index contributed by atoms with van der Waals surface area (Å²) in [6, 6.07) is 5.95. The van der Waals surface area contributed by atoms with Gasteiger partial charge in [0, 0.05) is 31.0 Å². The molecule has 0 saturated heterocycles. The van der Waals surface area contributed by atoms with Gasteiger partial charge in [-0.25, -0.2) is 0 Å². The lowest BCUT2D eigenvalue weighted by atomic mass is 10.1. The van der Waals surface area contributed by atoms with E-state index in [1.807, 2.05) is 43.8 Å². The largest absolute Gasteiger partial charge is 0.493 e. The van der Waals surface area contributed by atoms with Gasteiger partial charge < -0.3 is 10.5 Å². The van der Waals surface area contributed by atoms with Crippen LogP contribution in [0.5, 0.6) is 5.75 Å². The molecule has 2 N–H and O–H groups in total. The number of ether oxygens (including phenoxy) is 1. The first kappa shape index (κ1) is 12.5. The lowest BCUT2D eigenvalue weighted by Gasteiger charge is -2.11. The monoisotopic (exact) mass is 245 g/mol. The number of benzene rings is 1. The number of rotatable bonds is 4. The van der Waals surface area contributed by atoms with Crippen LogP contribution in [0, 0.1) is 13.8 Å². The number of nitrogen functional groups attached to an aromatic ring is 1. The maximum Gasteiger partial charge on any atom is 0.122 e. The second kappa shape index (κ2) is 5.12. The molecule has 1 aromatic heterocycles. The van der Waals surface area contributed by atoms with Gasteiger partial charge in [-0.2, -0.15) is 5.10 Å². The van der Waals surface area contributed by atoms with E-state index < -0.39 is 0 Å². The summed E-state index contributed by atoms with van der Waals surface area (Å²) in [5.74, 6) is 0.906. The number of aromatic nitrogens is 2. The minimum Gasteiger partial charge on any atom is -0.493 e. The third kappa shape index (κ3) is 2.64. The van der Waals surface area contributed by atoms with Crippen LogP contribution in [0.4, 0.5) is 5.69 Å². The zero-order valence-corrected chi connectivity index (χ0v) is 11.1. The minimum absolute atomic E-state index is 0.643. The van der Waals surface area contributed by atoms with Crippen molar-refractivity contribution in [1.82, 2.24) is 9.78 Å². The van der Waals surface area contributed by atoms with Crippen molar-refractivity contribution in [3.05, 3.63) is 41.2 Å². The molecule has 0 aliphatic carbocycles. The average molecular weight is 245 g/mol. The Labute approximate surface area is 107 Å². The molecule has 0 saturated carbocycles.